The molecule has 7 heteroatoms. The number of carboxylic acids is 1. The predicted molar refractivity (Wildman–Crippen MR) is 43.2 cm³/mol. The molecule has 0 atom stereocenters. The first-order valence-corrected chi connectivity index (χ1v) is 3.80. The summed E-state index contributed by atoms with van der Waals surface area (Å²) in [7, 11) is 0. The largest absolute Gasteiger partial charge is 0.481 e. The summed E-state index contributed by atoms with van der Waals surface area (Å²) in [6.07, 6.45) is 2.87. The van der Waals surface area contributed by atoms with Gasteiger partial charge >= 0.3 is 5.97 Å². The lowest BCUT2D eigenvalue weighted by atomic mass is 10.4. The minimum atomic E-state index is -1.01. The van der Waals surface area contributed by atoms with Crippen LogP contribution in [0.15, 0.2) is 16.9 Å². The standard InChI is InChI=1S/C7H6N4O3/c12-5(13)3-4-10-7(11-14-4)6-8-1-2-9-6/h1-2H,3H2,(H,8,9)(H,12,13). The van der Waals surface area contributed by atoms with E-state index < -0.39 is 5.97 Å². The lowest BCUT2D eigenvalue weighted by Crippen LogP contribution is -1.99. The van der Waals surface area contributed by atoms with Crippen LogP contribution in [0.2, 0.25) is 0 Å². The Labute approximate surface area is 77.8 Å². The summed E-state index contributed by atoms with van der Waals surface area (Å²) in [4.78, 5) is 20.8. The highest BCUT2D eigenvalue weighted by Gasteiger charge is 2.12. The summed E-state index contributed by atoms with van der Waals surface area (Å²) in [6, 6.07) is 0. The number of nitrogens with one attached hydrogen (secondary N) is 1. The summed E-state index contributed by atoms with van der Waals surface area (Å²) in [5.74, 6) is -0.250. The van der Waals surface area contributed by atoms with Gasteiger partial charge in [0.15, 0.2) is 5.82 Å². The summed E-state index contributed by atoms with van der Waals surface area (Å²) in [6.45, 7) is 0. The Morgan fingerprint density at radius 2 is 2.50 bits per heavy atom. The van der Waals surface area contributed by atoms with Gasteiger partial charge in [0.2, 0.25) is 11.7 Å². The maximum Gasteiger partial charge on any atom is 0.312 e. The van der Waals surface area contributed by atoms with Crippen molar-refractivity contribution < 1.29 is 14.4 Å². The van der Waals surface area contributed by atoms with E-state index in [4.69, 9.17) is 9.63 Å². The van der Waals surface area contributed by atoms with Crippen molar-refractivity contribution in [2.24, 2.45) is 0 Å². The minimum Gasteiger partial charge on any atom is -0.481 e. The second-order valence-electron chi connectivity index (χ2n) is 2.52. The number of H-pyrrole nitrogens is 1. The molecule has 0 bridgehead atoms. The average molecular weight is 194 g/mol. The first-order valence-electron chi connectivity index (χ1n) is 3.80. The van der Waals surface area contributed by atoms with Crippen LogP contribution in [0.5, 0.6) is 0 Å². The Kier molecular flexibility index (Phi) is 1.98. The van der Waals surface area contributed by atoms with Crippen LogP contribution in [0.4, 0.5) is 0 Å². The van der Waals surface area contributed by atoms with Crippen molar-refractivity contribution in [2.45, 2.75) is 6.42 Å². The molecular weight excluding hydrogens is 188 g/mol. The topological polar surface area (TPSA) is 105 Å². The molecule has 72 valence electrons. The van der Waals surface area contributed by atoms with E-state index in [9.17, 15) is 4.79 Å². The van der Waals surface area contributed by atoms with E-state index in [0.717, 1.165) is 0 Å². The highest BCUT2D eigenvalue weighted by atomic mass is 16.5. The quantitative estimate of drug-likeness (QED) is 0.717. The third kappa shape index (κ3) is 1.60. The number of hydrogen-bond acceptors (Lipinski definition) is 5. The summed E-state index contributed by atoms with van der Waals surface area (Å²) >= 11 is 0. The molecule has 0 saturated heterocycles. The van der Waals surface area contributed by atoms with Crippen molar-refractivity contribution in [3.05, 3.63) is 18.3 Å². The second-order valence-corrected chi connectivity index (χ2v) is 2.52. The molecular formula is C7H6N4O3. The van der Waals surface area contributed by atoms with Crippen LogP contribution >= 0.6 is 0 Å². The number of carbonyl (C=O) groups is 1. The Bertz CT molecular complexity index is 433. The van der Waals surface area contributed by atoms with Gasteiger partial charge in [-0.3, -0.25) is 4.79 Å². The van der Waals surface area contributed by atoms with E-state index in [1.165, 1.54) is 0 Å². The lowest BCUT2D eigenvalue weighted by molar-refractivity contribution is -0.136. The fourth-order valence-corrected chi connectivity index (χ4v) is 0.940. The van der Waals surface area contributed by atoms with Crippen molar-refractivity contribution in [1.29, 1.82) is 0 Å². The van der Waals surface area contributed by atoms with Crippen LogP contribution < -0.4 is 0 Å². The Morgan fingerprint density at radius 1 is 1.64 bits per heavy atom. The number of aromatic nitrogens is 4. The normalized spacial score (nSPS) is 10.3. The van der Waals surface area contributed by atoms with Gasteiger partial charge in [-0.05, 0) is 0 Å². The number of rotatable bonds is 3. The van der Waals surface area contributed by atoms with E-state index in [1.54, 1.807) is 12.4 Å². The molecule has 7 nitrogen and oxygen atoms in total. The number of carboxylic acid groups (broad SMARTS) is 1. The van der Waals surface area contributed by atoms with Crippen molar-refractivity contribution >= 4 is 5.97 Å². The SMILES string of the molecule is O=C(O)Cc1nc(-c2ncc[nH]2)no1. The fraction of sp³-hybridized carbons (Fsp3) is 0.143. The molecule has 0 saturated carbocycles. The first-order chi connectivity index (χ1) is 6.75. The molecule has 14 heavy (non-hydrogen) atoms. The van der Waals surface area contributed by atoms with Crippen LogP contribution in [-0.2, 0) is 11.2 Å². The van der Waals surface area contributed by atoms with E-state index in [0.29, 0.717) is 5.82 Å². The number of nitrogens with zero attached hydrogens (tertiary/aromatic N) is 3. The predicted octanol–water partition coefficient (Wildman–Crippen LogP) is 0.0868. The zero-order valence-corrected chi connectivity index (χ0v) is 6.97. The number of imidazole rings is 1. The van der Waals surface area contributed by atoms with Gasteiger partial charge in [-0.15, -0.1) is 0 Å². The maximum atomic E-state index is 10.3. The molecule has 0 spiro atoms. The molecule has 0 aliphatic heterocycles. The third-order valence-corrected chi connectivity index (χ3v) is 1.48. The molecule has 2 rings (SSSR count). The second kappa shape index (κ2) is 3.29. The minimum absolute atomic E-state index is 0.0592. The molecule has 0 radical (unpaired) electrons. The molecule has 2 N–H and O–H groups in total. The Balaban J connectivity index is 2.22. The fourth-order valence-electron chi connectivity index (χ4n) is 0.940. The van der Waals surface area contributed by atoms with Gasteiger partial charge in [-0.2, -0.15) is 4.98 Å². The van der Waals surface area contributed by atoms with Gasteiger partial charge < -0.3 is 14.6 Å². The third-order valence-electron chi connectivity index (χ3n) is 1.48. The van der Waals surface area contributed by atoms with Crippen molar-refractivity contribution in [1.82, 2.24) is 20.1 Å². The van der Waals surface area contributed by atoms with Crippen LogP contribution in [0.1, 0.15) is 5.89 Å². The van der Waals surface area contributed by atoms with Crippen LogP contribution in [0, 0.1) is 0 Å². The molecule has 0 aliphatic rings. The van der Waals surface area contributed by atoms with Gasteiger partial charge in [0.25, 0.3) is 0 Å². The van der Waals surface area contributed by atoms with Gasteiger partial charge in [0.1, 0.15) is 6.42 Å². The van der Waals surface area contributed by atoms with E-state index in [1.807, 2.05) is 0 Å². The molecule has 2 aromatic heterocycles. The van der Waals surface area contributed by atoms with Gasteiger partial charge in [-0.25, -0.2) is 4.98 Å². The molecule has 0 aromatic carbocycles. The van der Waals surface area contributed by atoms with Gasteiger partial charge in [-0.1, -0.05) is 5.16 Å². The van der Waals surface area contributed by atoms with Crippen molar-refractivity contribution in [3.63, 3.8) is 0 Å². The van der Waals surface area contributed by atoms with Crippen molar-refractivity contribution in [2.75, 3.05) is 0 Å². The molecule has 0 unspecified atom stereocenters. The first kappa shape index (κ1) is 8.42. The summed E-state index contributed by atoms with van der Waals surface area (Å²) in [5.41, 5.74) is 0. The summed E-state index contributed by atoms with van der Waals surface area (Å²) in [5, 5.41) is 12.0. The van der Waals surface area contributed by atoms with Crippen LogP contribution in [0.3, 0.4) is 0 Å². The highest BCUT2D eigenvalue weighted by Crippen LogP contribution is 2.09. The Morgan fingerprint density at radius 3 is 3.14 bits per heavy atom. The van der Waals surface area contributed by atoms with E-state index in [-0.39, 0.29) is 18.1 Å². The molecule has 2 heterocycles. The smallest absolute Gasteiger partial charge is 0.312 e. The van der Waals surface area contributed by atoms with E-state index in [2.05, 4.69) is 20.1 Å². The van der Waals surface area contributed by atoms with Gasteiger partial charge in [0, 0.05) is 12.4 Å². The van der Waals surface area contributed by atoms with Gasteiger partial charge in [0.05, 0.1) is 0 Å². The zero-order valence-electron chi connectivity index (χ0n) is 6.97. The molecule has 0 aliphatic carbocycles. The molecule has 0 fully saturated rings. The molecule has 0 amide bonds. The number of aromatic amines is 1. The van der Waals surface area contributed by atoms with E-state index >= 15 is 0 Å². The number of aliphatic carboxylic acids is 1. The lowest BCUT2D eigenvalue weighted by Gasteiger charge is -1.83. The monoisotopic (exact) mass is 194 g/mol. The van der Waals surface area contributed by atoms with Crippen LogP contribution in [0.25, 0.3) is 11.6 Å². The Hall–Kier alpha value is -2.18. The number of hydrogen-bond donors (Lipinski definition) is 2. The van der Waals surface area contributed by atoms with Crippen molar-refractivity contribution in [3.8, 4) is 11.6 Å². The average Bonchev–Trinajstić information content (AvgIpc) is 2.69. The summed E-state index contributed by atoms with van der Waals surface area (Å²) < 4.78 is 4.70. The molecule has 2 aromatic rings. The zero-order chi connectivity index (χ0) is 9.97. The van der Waals surface area contributed by atoms with Crippen LogP contribution in [-0.4, -0.2) is 31.2 Å². The highest BCUT2D eigenvalue weighted by molar-refractivity contribution is 5.68. The maximum absolute atomic E-state index is 10.3.